The predicted octanol–water partition coefficient (Wildman–Crippen LogP) is 4.26. The van der Waals surface area contributed by atoms with Gasteiger partial charge in [-0.05, 0) is 35.9 Å². The Kier molecular flexibility index (Phi) is 5.47. The molecule has 0 radical (unpaired) electrons. The molecule has 0 aliphatic rings. The SMILES string of the molecule is CC(=O)Oc1cccc(C=Nn2c(C(C)(C)C)nc3ccc(Br)cc3c2=O)c1. The van der Waals surface area contributed by atoms with Crippen molar-refractivity contribution < 1.29 is 9.53 Å². The zero-order valence-electron chi connectivity index (χ0n) is 16.1. The highest BCUT2D eigenvalue weighted by Crippen LogP contribution is 2.23. The molecule has 0 fully saturated rings. The van der Waals surface area contributed by atoms with E-state index in [1.54, 1.807) is 30.5 Å². The first kappa shape index (κ1) is 19.9. The van der Waals surface area contributed by atoms with E-state index in [-0.39, 0.29) is 5.56 Å². The molecule has 0 bridgehead atoms. The fraction of sp³-hybridized carbons (Fsp3) is 0.238. The van der Waals surface area contributed by atoms with E-state index in [4.69, 9.17) is 4.74 Å². The third-order valence-corrected chi connectivity index (χ3v) is 4.41. The number of ether oxygens (including phenoxy) is 1. The van der Waals surface area contributed by atoms with E-state index in [1.165, 1.54) is 11.6 Å². The molecule has 0 atom stereocenters. The fourth-order valence-corrected chi connectivity index (χ4v) is 3.05. The number of hydrogen-bond donors (Lipinski definition) is 0. The lowest BCUT2D eigenvalue weighted by atomic mass is 9.95. The van der Waals surface area contributed by atoms with Gasteiger partial charge in [0.2, 0.25) is 0 Å². The maximum Gasteiger partial charge on any atom is 0.308 e. The van der Waals surface area contributed by atoms with Crippen molar-refractivity contribution in [1.82, 2.24) is 9.66 Å². The molecule has 7 heteroatoms. The smallest absolute Gasteiger partial charge is 0.308 e. The van der Waals surface area contributed by atoms with E-state index >= 15 is 0 Å². The van der Waals surface area contributed by atoms with Crippen LogP contribution in [0.15, 0.2) is 56.8 Å². The molecule has 2 aromatic carbocycles. The lowest BCUT2D eigenvalue weighted by Gasteiger charge is -2.20. The first-order valence-corrected chi connectivity index (χ1v) is 9.50. The number of nitrogens with zero attached hydrogens (tertiary/aromatic N) is 3. The summed E-state index contributed by atoms with van der Waals surface area (Å²) in [5, 5.41) is 4.88. The standard InChI is InChI=1S/C21H20BrN3O3/c1-13(26)28-16-7-5-6-14(10-16)12-23-25-19(27)17-11-15(22)8-9-18(17)24-20(25)21(2,3)4/h5-12H,1-4H3. The van der Waals surface area contributed by atoms with E-state index in [9.17, 15) is 9.59 Å². The predicted molar refractivity (Wildman–Crippen MR) is 113 cm³/mol. The monoisotopic (exact) mass is 441 g/mol. The van der Waals surface area contributed by atoms with Crippen molar-refractivity contribution in [3.05, 3.63) is 68.7 Å². The van der Waals surface area contributed by atoms with Crippen molar-refractivity contribution in [2.45, 2.75) is 33.1 Å². The van der Waals surface area contributed by atoms with Crippen molar-refractivity contribution in [3.8, 4) is 5.75 Å². The van der Waals surface area contributed by atoms with Gasteiger partial charge in [-0.3, -0.25) is 9.59 Å². The van der Waals surface area contributed by atoms with Crippen LogP contribution >= 0.6 is 15.9 Å². The van der Waals surface area contributed by atoms with Gasteiger partial charge in [0.1, 0.15) is 11.6 Å². The summed E-state index contributed by atoms with van der Waals surface area (Å²) in [6.07, 6.45) is 1.55. The van der Waals surface area contributed by atoms with Crippen molar-refractivity contribution in [2.24, 2.45) is 5.10 Å². The molecule has 0 N–H and O–H groups in total. The van der Waals surface area contributed by atoms with Gasteiger partial charge in [-0.25, -0.2) is 4.98 Å². The summed E-state index contributed by atoms with van der Waals surface area (Å²) in [6, 6.07) is 12.3. The van der Waals surface area contributed by atoms with Crippen LogP contribution in [0.2, 0.25) is 0 Å². The van der Waals surface area contributed by atoms with Gasteiger partial charge >= 0.3 is 5.97 Å². The van der Waals surface area contributed by atoms with Gasteiger partial charge in [0.15, 0.2) is 0 Å². The molecule has 0 saturated heterocycles. The molecule has 3 aromatic rings. The van der Waals surface area contributed by atoms with Gasteiger partial charge in [-0.15, -0.1) is 0 Å². The summed E-state index contributed by atoms with van der Waals surface area (Å²) in [5.41, 5.74) is 0.682. The quantitative estimate of drug-likeness (QED) is 0.345. The van der Waals surface area contributed by atoms with Gasteiger partial charge < -0.3 is 4.74 Å². The summed E-state index contributed by atoms with van der Waals surface area (Å²) >= 11 is 3.40. The molecule has 0 saturated carbocycles. The van der Waals surface area contributed by atoms with Crippen LogP contribution < -0.4 is 10.3 Å². The summed E-state index contributed by atoms with van der Waals surface area (Å²) in [4.78, 5) is 28.9. The molecular weight excluding hydrogens is 422 g/mol. The van der Waals surface area contributed by atoms with Crippen molar-refractivity contribution in [3.63, 3.8) is 0 Å². The first-order valence-electron chi connectivity index (χ1n) is 8.71. The zero-order chi connectivity index (χ0) is 20.5. The Balaban J connectivity index is 2.14. The van der Waals surface area contributed by atoms with Gasteiger partial charge in [-0.2, -0.15) is 9.78 Å². The Morgan fingerprint density at radius 1 is 1.21 bits per heavy atom. The molecule has 0 spiro atoms. The highest BCUT2D eigenvalue weighted by molar-refractivity contribution is 9.10. The number of benzene rings is 2. The zero-order valence-corrected chi connectivity index (χ0v) is 17.6. The molecule has 144 valence electrons. The number of carbonyl (C=O) groups excluding carboxylic acids is 1. The van der Waals surface area contributed by atoms with Gasteiger partial charge in [0, 0.05) is 16.8 Å². The number of hydrogen-bond acceptors (Lipinski definition) is 5. The van der Waals surface area contributed by atoms with Crippen LogP contribution in [0.5, 0.6) is 5.75 Å². The Hall–Kier alpha value is -2.80. The maximum atomic E-state index is 13.1. The molecule has 6 nitrogen and oxygen atoms in total. The molecule has 3 rings (SSSR count). The van der Waals surface area contributed by atoms with Crippen LogP contribution in [0.1, 0.15) is 39.1 Å². The summed E-state index contributed by atoms with van der Waals surface area (Å²) in [6.45, 7) is 7.28. The Bertz CT molecular complexity index is 1140. The van der Waals surface area contributed by atoms with Crippen LogP contribution in [0.25, 0.3) is 10.9 Å². The highest BCUT2D eigenvalue weighted by atomic mass is 79.9. The lowest BCUT2D eigenvalue weighted by Crippen LogP contribution is -2.29. The van der Waals surface area contributed by atoms with E-state index in [2.05, 4.69) is 26.0 Å². The normalized spacial score (nSPS) is 11.9. The average Bonchev–Trinajstić information content (AvgIpc) is 2.60. The Morgan fingerprint density at radius 2 is 1.96 bits per heavy atom. The number of halogens is 1. The second-order valence-corrected chi connectivity index (χ2v) is 8.29. The maximum absolute atomic E-state index is 13.1. The van der Waals surface area contributed by atoms with E-state index < -0.39 is 11.4 Å². The highest BCUT2D eigenvalue weighted by Gasteiger charge is 2.22. The second kappa shape index (κ2) is 7.67. The second-order valence-electron chi connectivity index (χ2n) is 7.37. The molecule has 1 aromatic heterocycles. The molecule has 0 unspecified atom stereocenters. The lowest BCUT2D eigenvalue weighted by molar-refractivity contribution is -0.131. The van der Waals surface area contributed by atoms with Crippen LogP contribution in [0.3, 0.4) is 0 Å². The van der Waals surface area contributed by atoms with Crippen LogP contribution in [0.4, 0.5) is 0 Å². The van der Waals surface area contributed by atoms with Crippen LogP contribution in [-0.2, 0) is 10.2 Å². The number of rotatable bonds is 3. The number of carbonyl (C=O) groups is 1. The fourth-order valence-electron chi connectivity index (χ4n) is 2.69. The van der Waals surface area contributed by atoms with E-state index in [0.717, 1.165) is 4.47 Å². The molecule has 0 aliphatic heterocycles. The van der Waals surface area contributed by atoms with E-state index in [1.807, 2.05) is 39.0 Å². The summed E-state index contributed by atoms with van der Waals surface area (Å²) in [5.74, 6) is 0.574. The minimum atomic E-state index is -0.398. The van der Waals surface area contributed by atoms with Crippen LogP contribution in [0, 0.1) is 0 Å². The topological polar surface area (TPSA) is 73.5 Å². The van der Waals surface area contributed by atoms with Gasteiger partial charge in [0.05, 0.1) is 17.1 Å². The van der Waals surface area contributed by atoms with E-state index in [0.29, 0.717) is 28.0 Å². The minimum absolute atomic E-state index is 0.247. The Morgan fingerprint density at radius 3 is 2.64 bits per heavy atom. The van der Waals surface area contributed by atoms with Gasteiger partial charge in [0.25, 0.3) is 5.56 Å². The molecule has 1 heterocycles. The number of esters is 1. The summed E-state index contributed by atoms with van der Waals surface area (Å²) < 4.78 is 7.22. The minimum Gasteiger partial charge on any atom is -0.427 e. The van der Waals surface area contributed by atoms with Crippen molar-refractivity contribution in [1.29, 1.82) is 0 Å². The number of aromatic nitrogens is 2. The first-order chi connectivity index (χ1) is 13.1. The Labute approximate surface area is 171 Å². The molecule has 0 amide bonds. The van der Waals surface area contributed by atoms with Crippen molar-refractivity contribution in [2.75, 3.05) is 0 Å². The van der Waals surface area contributed by atoms with Gasteiger partial charge in [-0.1, -0.05) is 48.8 Å². The molecule has 28 heavy (non-hydrogen) atoms. The average molecular weight is 442 g/mol. The third kappa shape index (κ3) is 4.36. The molecule has 0 aliphatic carbocycles. The number of fused-ring (bicyclic) bond motifs is 1. The molecular formula is C21H20BrN3O3. The van der Waals surface area contributed by atoms with Crippen LogP contribution in [-0.4, -0.2) is 21.8 Å². The largest absolute Gasteiger partial charge is 0.427 e. The van der Waals surface area contributed by atoms with Crippen molar-refractivity contribution >= 4 is 39.0 Å². The summed E-state index contributed by atoms with van der Waals surface area (Å²) in [7, 11) is 0. The third-order valence-electron chi connectivity index (χ3n) is 3.92.